The molecule has 38 heavy (non-hydrogen) atoms. The number of amides is 1. The molecule has 0 unspecified atom stereocenters. The Labute approximate surface area is 221 Å². The van der Waals surface area contributed by atoms with Gasteiger partial charge >= 0.3 is 11.9 Å². The van der Waals surface area contributed by atoms with Crippen LogP contribution in [0.2, 0.25) is 0 Å². The highest BCUT2D eigenvalue weighted by Gasteiger charge is 2.61. The minimum atomic E-state index is -2.07. The quantitative estimate of drug-likeness (QED) is 0.507. The van der Waals surface area contributed by atoms with Gasteiger partial charge in [0.25, 0.3) is 0 Å². The molecule has 5 rings (SSSR count). The number of esters is 2. The number of fused-ring (bicyclic) bond motifs is 3. The number of ether oxygens (including phenoxy) is 5. The highest BCUT2D eigenvalue weighted by atomic mass is 16.7. The van der Waals surface area contributed by atoms with Crippen LogP contribution in [0, 0.1) is 5.92 Å². The van der Waals surface area contributed by atoms with Crippen LogP contribution in [0.3, 0.4) is 0 Å². The zero-order valence-corrected chi connectivity index (χ0v) is 22.3. The molecule has 1 amide bonds. The highest BCUT2D eigenvalue weighted by molar-refractivity contribution is 5.86. The number of carbonyl (C=O) groups excluding carboxylic acids is 3. The number of nitrogens with zero attached hydrogens (tertiary/aromatic N) is 1. The van der Waals surface area contributed by atoms with Crippen molar-refractivity contribution in [3.63, 3.8) is 0 Å². The second-order valence-electron chi connectivity index (χ2n) is 11.0. The first-order valence-electron chi connectivity index (χ1n) is 13.1. The van der Waals surface area contributed by atoms with Crippen molar-refractivity contribution in [1.29, 1.82) is 0 Å². The number of methoxy groups -OCH3 is 2. The van der Waals surface area contributed by atoms with Gasteiger partial charge < -0.3 is 33.7 Å². The third kappa shape index (κ3) is 4.28. The van der Waals surface area contributed by atoms with Gasteiger partial charge in [-0.15, -0.1) is 0 Å². The first-order valence-corrected chi connectivity index (χ1v) is 13.1. The fraction of sp³-hybridized carbons (Fsp3) is 0.607. The van der Waals surface area contributed by atoms with Crippen molar-refractivity contribution in [3.8, 4) is 11.5 Å². The van der Waals surface area contributed by atoms with Gasteiger partial charge in [-0.2, -0.15) is 0 Å². The molecule has 1 spiro atoms. The zero-order chi connectivity index (χ0) is 27.2. The van der Waals surface area contributed by atoms with Crippen LogP contribution in [0.15, 0.2) is 24.0 Å². The third-order valence-electron chi connectivity index (χ3n) is 8.28. The minimum absolute atomic E-state index is 0.0284. The fourth-order valence-corrected chi connectivity index (χ4v) is 6.26. The molecule has 1 fully saturated rings. The lowest BCUT2D eigenvalue weighted by molar-refractivity contribution is -0.178. The maximum absolute atomic E-state index is 13.7. The summed E-state index contributed by atoms with van der Waals surface area (Å²) < 4.78 is 27.9. The van der Waals surface area contributed by atoms with Crippen molar-refractivity contribution < 1.29 is 43.2 Å². The van der Waals surface area contributed by atoms with Crippen molar-refractivity contribution in [2.24, 2.45) is 5.92 Å². The van der Waals surface area contributed by atoms with Crippen LogP contribution in [0.1, 0.15) is 63.0 Å². The van der Waals surface area contributed by atoms with Gasteiger partial charge in [0.2, 0.25) is 12.7 Å². The van der Waals surface area contributed by atoms with E-state index in [1.165, 1.54) is 14.2 Å². The molecule has 4 atom stereocenters. The molecule has 1 aromatic rings. The topological polar surface area (TPSA) is 121 Å². The third-order valence-corrected chi connectivity index (χ3v) is 8.28. The normalized spacial score (nSPS) is 26.6. The lowest BCUT2D eigenvalue weighted by atomic mass is 9.77. The average molecular weight is 530 g/mol. The molecular weight excluding hydrogens is 494 g/mol. The van der Waals surface area contributed by atoms with Gasteiger partial charge in [0.05, 0.1) is 32.1 Å². The van der Waals surface area contributed by atoms with Crippen molar-refractivity contribution in [1.82, 2.24) is 4.90 Å². The Kier molecular flexibility index (Phi) is 6.79. The van der Waals surface area contributed by atoms with Crippen LogP contribution < -0.4 is 9.47 Å². The number of benzene rings is 1. The largest absolute Gasteiger partial charge is 0.497 e. The lowest BCUT2D eigenvalue weighted by Gasteiger charge is -2.39. The van der Waals surface area contributed by atoms with E-state index < -0.39 is 41.5 Å². The Morgan fingerprint density at radius 2 is 1.95 bits per heavy atom. The Morgan fingerprint density at radius 3 is 2.63 bits per heavy atom. The average Bonchev–Trinajstić information content (AvgIpc) is 3.54. The molecule has 3 aliphatic heterocycles. The SMILES string of the molecule is COC(=O)C[C@](O)(CCC(C)C)C(=O)O[C@@H]1C(OC)=C[C@]23CCC(=O)N2CCc2cc4c(cc2[C@H]13)OCO4. The smallest absolute Gasteiger partial charge is 0.339 e. The molecule has 0 saturated carbocycles. The van der Waals surface area contributed by atoms with Crippen LogP contribution in [-0.4, -0.2) is 72.7 Å². The van der Waals surface area contributed by atoms with E-state index in [2.05, 4.69) is 0 Å². The molecule has 1 N–H and O–H groups in total. The van der Waals surface area contributed by atoms with Gasteiger partial charge in [-0.3, -0.25) is 9.59 Å². The summed E-state index contributed by atoms with van der Waals surface area (Å²) >= 11 is 0. The summed E-state index contributed by atoms with van der Waals surface area (Å²) in [4.78, 5) is 40.7. The number of hydrogen-bond acceptors (Lipinski definition) is 9. The Hall–Kier alpha value is -3.27. The molecular formula is C28H35NO9. The molecule has 0 aromatic heterocycles. The summed E-state index contributed by atoms with van der Waals surface area (Å²) in [5.74, 6) is -0.279. The van der Waals surface area contributed by atoms with Crippen LogP contribution >= 0.6 is 0 Å². The van der Waals surface area contributed by atoms with Crippen LogP contribution in [0.25, 0.3) is 0 Å². The van der Waals surface area contributed by atoms with Gasteiger partial charge in [0.15, 0.2) is 23.2 Å². The van der Waals surface area contributed by atoms with E-state index in [1.54, 1.807) is 0 Å². The Bertz CT molecular complexity index is 1180. The molecule has 10 nitrogen and oxygen atoms in total. The molecule has 0 bridgehead atoms. The van der Waals surface area contributed by atoms with Gasteiger partial charge in [0.1, 0.15) is 5.76 Å². The van der Waals surface area contributed by atoms with Gasteiger partial charge in [-0.25, -0.2) is 4.79 Å². The van der Waals surface area contributed by atoms with E-state index in [4.69, 9.17) is 23.7 Å². The summed E-state index contributed by atoms with van der Waals surface area (Å²) in [5, 5.41) is 11.4. The second-order valence-corrected chi connectivity index (χ2v) is 11.0. The van der Waals surface area contributed by atoms with Crippen LogP contribution in [0.5, 0.6) is 11.5 Å². The standard InChI is InChI=1S/C28H35NO9/c1-16(2)5-9-28(33,14-23(31)35-4)26(32)38-25-21(34-3)13-27-8-6-22(30)29(27)10-7-17-11-19-20(37-15-36-19)12-18(17)24(25)27/h11-13,16,24-25,33H,5-10,14-15H2,1-4H3/t24-,25-,27+,28-/m1/s1. The van der Waals surface area contributed by atoms with Crippen LogP contribution in [0.4, 0.5) is 0 Å². The number of hydrogen-bond donors (Lipinski definition) is 1. The fourth-order valence-electron chi connectivity index (χ4n) is 6.26. The van der Waals surface area contributed by atoms with Gasteiger partial charge in [0, 0.05) is 13.0 Å². The van der Waals surface area contributed by atoms with E-state index in [-0.39, 0.29) is 25.0 Å². The number of rotatable bonds is 8. The van der Waals surface area contributed by atoms with Crippen molar-refractivity contribution >= 4 is 17.8 Å². The minimum Gasteiger partial charge on any atom is -0.497 e. The summed E-state index contributed by atoms with van der Waals surface area (Å²) in [5.41, 5.74) is -0.979. The highest BCUT2D eigenvalue weighted by Crippen LogP contribution is 2.56. The van der Waals surface area contributed by atoms with E-state index >= 15 is 0 Å². The maximum Gasteiger partial charge on any atom is 0.339 e. The van der Waals surface area contributed by atoms with Crippen molar-refractivity contribution in [3.05, 3.63) is 35.1 Å². The van der Waals surface area contributed by atoms with E-state index in [0.717, 1.165) is 11.1 Å². The van der Waals surface area contributed by atoms with Gasteiger partial charge in [-0.1, -0.05) is 13.8 Å². The predicted molar refractivity (Wildman–Crippen MR) is 133 cm³/mol. The summed E-state index contributed by atoms with van der Waals surface area (Å²) in [6.45, 7) is 4.55. The predicted octanol–water partition coefficient (Wildman–Crippen LogP) is 2.60. The molecule has 3 heterocycles. The second kappa shape index (κ2) is 9.80. The molecule has 1 aliphatic carbocycles. The first-order chi connectivity index (χ1) is 18.1. The molecule has 1 aromatic carbocycles. The van der Waals surface area contributed by atoms with Gasteiger partial charge in [-0.05, 0) is 60.9 Å². The molecule has 1 saturated heterocycles. The van der Waals surface area contributed by atoms with E-state index in [1.807, 2.05) is 37.0 Å². The maximum atomic E-state index is 13.7. The zero-order valence-electron chi connectivity index (χ0n) is 22.3. The monoisotopic (exact) mass is 529 g/mol. The van der Waals surface area contributed by atoms with Crippen molar-refractivity contribution in [2.45, 2.75) is 75.5 Å². The Morgan fingerprint density at radius 1 is 1.21 bits per heavy atom. The molecule has 0 radical (unpaired) electrons. The van der Waals surface area contributed by atoms with E-state index in [9.17, 15) is 19.5 Å². The summed E-state index contributed by atoms with van der Waals surface area (Å²) in [6, 6.07) is 3.83. The van der Waals surface area contributed by atoms with Crippen LogP contribution in [-0.2, 0) is 35.0 Å². The lowest BCUT2D eigenvalue weighted by Crippen LogP contribution is -2.50. The number of carbonyl (C=O) groups is 3. The van der Waals surface area contributed by atoms with Crippen molar-refractivity contribution in [2.75, 3.05) is 27.6 Å². The van der Waals surface area contributed by atoms with E-state index in [0.29, 0.717) is 49.5 Å². The molecule has 4 aliphatic rings. The molecule has 206 valence electrons. The molecule has 10 heteroatoms. The number of aliphatic hydroxyl groups is 1. The summed E-state index contributed by atoms with van der Waals surface area (Å²) in [6.07, 6.45) is 2.48. The Balaban J connectivity index is 1.56. The summed E-state index contributed by atoms with van der Waals surface area (Å²) in [7, 11) is 2.71. The first kappa shape index (κ1) is 26.3.